The lowest BCUT2D eigenvalue weighted by atomic mass is 9.60. The van der Waals surface area contributed by atoms with E-state index in [-0.39, 0.29) is 17.6 Å². The molecular formula is C18H21NO2. The van der Waals surface area contributed by atoms with E-state index in [1.54, 1.807) is 0 Å². The molecule has 21 heavy (non-hydrogen) atoms. The number of fused-ring (bicyclic) bond motifs is 4. The summed E-state index contributed by atoms with van der Waals surface area (Å²) in [6, 6.07) is 8.43. The summed E-state index contributed by atoms with van der Waals surface area (Å²) < 4.78 is 0. The molecule has 110 valence electrons. The first-order chi connectivity index (χ1) is 10.2. The second-order valence-electron chi connectivity index (χ2n) is 6.68. The highest BCUT2D eigenvalue weighted by atomic mass is 16.2. The molecule has 3 heteroatoms. The van der Waals surface area contributed by atoms with E-state index in [1.807, 2.05) is 6.07 Å². The molecule has 2 heterocycles. The SMILES string of the molecule is O=C1CCCC(=O)C12Cc1ccccc1N1CCCCC12. The summed E-state index contributed by atoms with van der Waals surface area (Å²) >= 11 is 0. The van der Waals surface area contributed by atoms with Gasteiger partial charge in [-0.2, -0.15) is 0 Å². The number of piperidine rings is 1. The number of hydrogen-bond donors (Lipinski definition) is 0. The predicted octanol–water partition coefficient (Wildman–Crippen LogP) is 2.91. The van der Waals surface area contributed by atoms with Crippen molar-refractivity contribution >= 4 is 17.3 Å². The van der Waals surface area contributed by atoms with E-state index in [1.165, 1.54) is 11.3 Å². The van der Waals surface area contributed by atoms with Crippen molar-refractivity contribution in [3.05, 3.63) is 29.8 Å². The average molecular weight is 283 g/mol. The van der Waals surface area contributed by atoms with Gasteiger partial charge in [0, 0.05) is 31.1 Å². The highest BCUT2D eigenvalue weighted by Crippen LogP contribution is 2.48. The van der Waals surface area contributed by atoms with Crippen molar-refractivity contribution < 1.29 is 9.59 Å². The fourth-order valence-electron chi connectivity index (χ4n) is 4.67. The lowest BCUT2D eigenvalue weighted by Gasteiger charge is -2.53. The van der Waals surface area contributed by atoms with Gasteiger partial charge in [-0.25, -0.2) is 0 Å². The minimum Gasteiger partial charge on any atom is -0.367 e. The van der Waals surface area contributed by atoms with Gasteiger partial charge in [0.05, 0.1) is 0 Å². The Kier molecular flexibility index (Phi) is 2.91. The third kappa shape index (κ3) is 1.73. The van der Waals surface area contributed by atoms with Gasteiger partial charge in [0.2, 0.25) is 0 Å². The van der Waals surface area contributed by atoms with E-state index >= 15 is 0 Å². The van der Waals surface area contributed by atoms with Crippen molar-refractivity contribution in [2.75, 3.05) is 11.4 Å². The molecule has 1 aliphatic carbocycles. The summed E-state index contributed by atoms with van der Waals surface area (Å²) in [6.45, 7) is 0.976. The maximum atomic E-state index is 12.8. The van der Waals surface area contributed by atoms with Crippen molar-refractivity contribution in [2.45, 2.75) is 51.0 Å². The van der Waals surface area contributed by atoms with E-state index in [0.29, 0.717) is 19.3 Å². The molecule has 4 rings (SSSR count). The number of carbonyl (C=O) groups is 2. The second kappa shape index (κ2) is 4.69. The number of nitrogens with zero attached hydrogens (tertiary/aromatic N) is 1. The number of anilines is 1. The summed E-state index contributed by atoms with van der Waals surface area (Å²) in [4.78, 5) is 28.0. The largest absolute Gasteiger partial charge is 0.367 e. The van der Waals surface area contributed by atoms with Gasteiger partial charge >= 0.3 is 0 Å². The molecule has 1 saturated carbocycles. The number of Topliss-reactive ketones (excluding diaryl/α,β-unsaturated/α-hetero) is 2. The lowest BCUT2D eigenvalue weighted by molar-refractivity contribution is -0.146. The van der Waals surface area contributed by atoms with Crippen LogP contribution in [-0.4, -0.2) is 24.2 Å². The molecule has 2 aliphatic heterocycles. The minimum absolute atomic E-state index is 0.0986. The fourth-order valence-corrected chi connectivity index (χ4v) is 4.67. The van der Waals surface area contributed by atoms with Crippen LogP contribution < -0.4 is 4.90 Å². The molecule has 1 unspecified atom stereocenters. The van der Waals surface area contributed by atoms with E-state index in [2.05, 4.69) is 23.1 Å². The highest BCUT2D eigenvalue weighted by Gasteiger charge is 2.57. The fraction of sp³-hybridized carbons (Fsp3) is 0.556. The van der Waals surface area contributed by atoms with Gasteiger partial charge in [-0.15, -0.1) is 0 Å². The van der Waals surface area contributed by atoms with Gasteiger partial charge in [0.15, 0.2) is 0 Å². The summed E-state index contributed by atoms with van der Waals surface area (Å²) in [7, 11) is 0. The third-order valence-corrected chi connectivity index (χ3v) is 5.64. The standard InChI is InChI=1S/C18H21NO2/c20-16-9-5-10-17(21)18(16)12-13-6-1-2-7-14(13)19-11-4-3-8-15(18)19/h1-2,6-7,15H,3-5,8-12H2. The zero-order valence-corrected chi connectivity index (χ0v) is 12.3. The maximum Gasteiger partial charge on any atom is 0.148 e. The molecule has 3 nitrogen and oxygen atoms in total. The number of para-hydroxylation sites is 1. The van der Waals surface area contributed by atoms with Gasteiger partial charge in [0.25, 0.3) is 0 Å². The normalized spacial score (nSPS) is 27.4. The molecule has 3 aliphatic rings. The van der Waals surface area contributed by atoms with Crippen LogP contribution in [0.2, 0.25) is 0 Å². The highest BCUT2D eigenvalue weighted by molar-refractivity contribution is 6.11. The topological polar surface area (TPSA) is 37.4 Å². The van der Waals surface area contributed by atoms with Crippen LogP contribution in [0.25, 0.3) is 0 Å². The monoisotopic (exact) mass is 283 g/mol. The van der Waals surface area contributed by atoms with Crippen molar-refractivity contribution in [3.8, 4) is 0 Å². The Hall–Kier alpha value is -1.64. The van der Waals surface area contributed by atoms with Crippen molar-refractivity contribution in [2.24, 2.45) is 5.41 Å². The van der Waals surface area contributed by atoms with E-state index < -0.39 is 5.41 Å². The minimum atomic E-state index is -0.743. The van der Waals surface area contributed by atoms with Crippen LogP contribution in [0.1, 0.15) is 44.1 Å². The van der Waals surface area contributed by atoms with Crippen LogP contribution >= 0.6 is 0 Å². The smallest absolute Gasteiger partial charge is 0.148 e. The molecule has 1 aromatic rings. The number of carbonyl (C=O) groups excluding carboxylic acids is 2. The number of ketones is 2. The zero-order chi connectivity index (χ0) is 14.4. The Morgan fingerprint density at radius 2 is 1.76 bits per heavy atom. The Bertz CT molecular complexity index is 591. The first kappa shape index (κ1) is 13.1. The molecule has 2 fully saturated rings. The van der Waals surface area contributed by atoms with Crippen LogP contribution in [0.4, 0.5) is 5.69 Å². The molecule has 0 bridgehead atoms. The van der Waals surface area contributed by atoms with Gasteiger partial charge in [-0.1, -0.05) is 18.2 Å². The molecule has 1 atom stereocenters. The molecule has 1 spiro atoms. The summed E-state index contributed by atoms with van der Waals surface area (Å²) in [5.41, 5.74) is 1.69. The third-order valence-electron chi connectivity index (χ3n) is 5.64. The van der Waals surface area contributed by atoms with E-state index in [0.717, 1.165) is 32.2 Å². The molecule has 1 aromatic carbocycles. The molecular weight excluding hydrogens is 262 g/mol. The van der Waals surface area contributed by atoms with Gasteiger partial charge in [-0.3, -0.25) is 9.59 Å². The van der Waals surface area contributed by atoms with Crippen molar-refractivity contribution in [3.63, 3.8) is 0 Å². The molecule has 0 N–H and O–H groups in total. The Balaban J connectivity index is 1.88. The van der Waals surface area contributed by atoms with Crippen molar-refractivity contribution in [1.82, 2.24) is 0 Å². The predicted molar refractivity (Wildman–Crippen MR) is 81.4 cm³/mol. The van der Waals surface area contributed by atoms with Crippen LogP contribution in [0.15, 0.2) is 24.3 Å². The van der Waals surface area contributed by atoms with Crippen LogP contribution in [-0.2, 0) is 16.0 Å². The zero-order valence-electron chi connectivity index (χ0n) is 12.3. The summed E-state index contributed by atoms with van der Waals surface area (Å²) in [5, 5.41) is 0. The van der Waals surface area contributed by atoms with Crippen LogP contribution in [0, 0.1) is 5.41 Å². The Morgan fingerprint density at radius 3 is 2.57 bits per heavy atom. The first-order valence-corrected chi connectivity index (χ1v) is 8.14. The number of rotatable bonds is 0. The summed E-state index contributed by atoms with van der Waals surface area (Å²) in [5.74, 6) is 0.398. The molecule has 1 saturated heterocycles. The first-order valence-electron chi connectivity index (χ1n) is 8.14. The molecule has 0 amide bonds. The van der Waals surface area contributed by atoms with Gasteiger partial charge < -0.3 is 4.90 Å². The average Bonchev–Trinajstić information content (AvgIpc) is 2.52. The number of hydrogen-bond acceptors (Lipinski definition) is 3. The molecule has 0 aromatic heterocycles. The molecule has 0 radical (unpaired) electrons. The van der Waals surface area contributed by atoms with Crippen LogP contribution in [0.3, 0.4) is 0 Å². The van der Waals surface area contributed by atoms with E-state index in [4.69, 9.17) is 0 Å². The Labute approximate surface area is 125 Å². The van der Waals surface area contributed by atoms with E-state index in [9.17, 15) is 9.59 Å². The van der Waals surface area contributed by atoms with Crippen LogP contribution in [0.5, 0.6) is 0 Å². The Morgan fingerprint density at radius 1 is 1.00 bits per heavy atom. The quantitative estimate of drug-likeness (QED) is 0.687. The van der Waals surface area contributed by atoms with Gasteiger partial charge in [-0.05, 0) is 43.7 Å². The summed E-state index contributed by atoms with van der Waals surface area (Å²) in [6.07, 6.45) is 5.80. The second-order valence-corrected chi connectivity index (χ2v) is 6.68. The lowest BCUT2D eigenvalue weighted by Crippen LogP contribution is -2.62. The van der Waals surface area contributed by atoms with Crippen molar-refractivity contribution in [1.29, 1.82) is 0 Å². The van der Waals surface area contributed by atoms with Gasteiger partial charge in [0.1, 0.15) is 17.0 Å². The maximum absolute atomic E-state index is 12.8. The number of benzene rings is 1.